The lowest BCUT2D eigenvalue weighted by Gasteiger charge is -2.10. The van der Waals surface area contributed by atoms with E-state index < -0.39 is 0 Å². The molecule has 18 heavy (non-hydrogen) atoms. The summed E-state index contributed by atoms with van der Waals surface area (Å²) in [6.07, 6.45) is 2.05. The van der Waals surface area contributed by atoms with Gasteiger partial charge in [0.25, 0.3) is 0 Å². The summed E-state index contributed by atoms with van der Waals surface area (Å²) in [5.74, 6) is 1.63. The van der Waals surface area contributed by atoms with E-state index in [1.54, 1.807) is 11.8 Å². The number of hydrogen-bond acceptors (Lipinski definition) is 3. The molecule has 4 heteroatoms. The fourth-order valence-electron chi connectivity index (χ4n) is 1.58. The smallest absolute Gasteiger partial charge is 0.131 e. The minimum Gasteiger partial charge on any atom is -0.457 e. The molecule has 0 heterocycles. The molecule has 2 aromatic rings. The molecule has 0 aliphatic rings. The van der Waals surface area contributed by atoms with Gasteiger partial charge in [0.2, 0.25) is 0 Å². The number of nitrogens with two attached hydrogens (primary N) is 1. The van der Waals surface area contributed by atoms with Gasteiger partial charge in [0, 0.05) is 21.5 Å². The van der Waals surface area contributed by atoms with Gasteiger partial charge in [-0.1, -0.05) is 15.9 Å². The quantitative estimate of drug-likeness (QED) is 0.846. The zero-order chi connectivity index (χ0) is 13.0. The van der Waals surface area contributed by atoms with Crippen molar-refractivity contribution >= 4 is 27.7 Å². The summed E-state index contributed by atoms with van der Waals surface area (Å²) >= 11 is 5.14. The van der Waals surface area contributed by atoms with Crippen molar-refractivity contribution in [2.45, 2.75) is 11.4 Å². The molecule has 2 aromatic carbocycles. The molecule has 0 saturated carbocycles. The maximum atomic E-state index is 5.84. The minimum absolute atomic E-state index is 0.456. The van der Waals surface area contributed by atoms with E-state index in [1.807, 2.05) is 42.5 Å². The van der Waals surface area contributed by atoms with Crippen LogP contribution in [0.1, 0.15) is 5.56 Å². The molecule has 0 saturated heterocycles. The van der Waals surface area contributed by atoms with Crippen molar-refractivity contribution in [3.8, 4) is 11.5 Å². The summed E-state index contributed by atoms with van der Waals surface area (Å²) in [5, 5.41) is 0. The van der Waals surface area contributed by atoms with Gasteiger partial charge in [-0.25, -0.2) is 0 Å². The Hall–Kier alpha value is -0.970. The summed E-state index contributed by atoms with van der Waals surface area (Å²) in [4.78, 5) is 1.22. The second-order valence-corrected chi connectivity index (χ2v) is 5.53. The number of hydrogen-bond donors (Lipinski definition) is 1. The van der Waals surface area contributed by atoms with Gasteiger partial charge < -0.3 is 10.5 Å². The molecule has 0 spiro atoms. The standard InChI is InChI=1S/C14H14BrNOS/c1-18-13-5-3-12(4-6-13)17-14-7-2-11(15)8-10(14)9-16/h2-8H,9,16H2,1H3. The Labute approximate surface area is 120 Å². The number of rotatable bonds is 4. The summed E-state index contributed by atoms with van der Waals surface area (Å²) in [7, 11) is 0. The summed E-state index contributed by atoms with van der Waals surface area (Å²) in [5.41, 5.74) is 6.70. The van der Waals surface area contributed by atoms with Crippen LogP contribution in [-0.4, -0.2) is 6.26 Å². The van der Waals surface area contributed by atoms with E-state index in [0.717, 1.165) is 21.5 Å². The van der Waals surface area contributed by atoms with Gasteiger partial charge in [-0.3, -0.25) is 0 Å². The Bertz CT molecular complexity index is 528. The van der Waals surface area contributed by atoms with E-state index in [0.29, 0.717) is 6.54 Å². The van der Waals surface area contributed by atoms with Gasteiger partial charge in [-0.05, 0) is 48.7 Å². The highest BCUT2D eigenvalue weighted by atomic mass is 79.9. The van der Waals surface area contributed by atoms with Crippen LogP contribution in [0, 0.1) is 0 Å². The first-order chi connectivity index (χ1) is 8.72. The third-order valence-corrected chi connectivity index (χ3v) is 3.77. The molecule has 0 amide bonds. The molecule has 0 aromatic heterocycles. The highest BCUT2D eigenvalue weighted by molar-refractivity contribution is 9.10. The van der Waals surface area contributed by atoms with Crippen molar-refractivity contribution in [2.75, 3.05) is 6.26 Å². The first-order valence-electron chi connectivity index (χ1n) is 5.53. The Balaban J connectivity index is 2.22. The van der Waals surface area contributed by atoms with Crippen LogP contribution in [-0.2, 0) is 6.54 Å². The van der Waals surface area contributed by atoms with Crippen molar-refractivity contribution < 1.29 is 4.74 Å². The monoisotopic (exact) mass is 323 g/mol. The lowest BCUT2D eigenvalue weighted by molar-refractivity contribution is 0.476. The van der Waals surface area contributed by atoms with Crippen LogP contribution in [0.4, 0.5) is 0 Å². The molecule has 94 valence electrons. The Morgan fingerprint density at radius 3 is 2.50 bits per heavy atom. The third kappa shape index (κ3) is 3.28. The van der Waals surface area contributed by atoms with E-state index in [-0.39, 0.29) is 0 Å². The van der Waals surface area contributed by atoms with Crippen molar-refractivity contribution in [2.24, 2.45) is 5.73 Å². The maximum absolute atomic E-state index is 5.84. The van der Waals surface area contributed by atoms with Gasteiger partial charge >= 0.3 is 0 Å². The molecule has 0 fully saturated rings. The largest absolute Gasteiger partial charge is 0.457 e. The van der Waals surface area contributed by atoms with Crippen LogP contribution in [0.25, 0.3) is 0 Å². The highest BCUT2D eigenvalue weighted by Crippen LogP contribution is 2.28. The van der Waals surface area contributed by atoms with Crippen molar-refractivity contribution in [3.63, 3.8) is 0 Å². The zero-order valence-electron chi connectivity index (χ0n) is 10.0. The molecule has 0 aliphatic heterocycles. The lowest BCUT2D eigenvalue weighted by atomic mass is 10.2. The number of ether oxygens (including phenoxy) is 1. The van der Waals surface area contributed by atoms with Crippen LogP contribution in [0.5, 0.6) is 11.5 Å². The topological polar surface area (TPSA) is 35.2 Å². The summed E-state index contributed by atoms with van der Waals surface area (Å²) in [6, 6.07) is 13.9. The highest BCUT2D eigenvalue weighted by Gasteiger charge is 2.04. The van der Waals surface area contributed by atoms with E-state index in [2.05, 4.69) is 22.2 Å². The number of benzene rings is 2. The zero-order valence-corrected chi connectivity index (χ0v) is 12.4. The molecule has 0 aliphatic carbocycles. The number of thioether (sulfide) groups is 1. The molecule has 2 N–H and O–H groups in total. The third-order valence-electron chi connectivity index (χ3n) is 2.53. The molecular weight excluding hydrogens is 310 g/mol. The van der Waals surface area contributed by atoms with Gasteiger partial charge in [-0.15, -0.1) is 11.8 Å². The Kier molecular flexibility index (Phi) is 4.69. The van der Waals surface area contributed by atoms with Gasteiger partial charge in [-0.2, -0.15) is 0 Å². The second kappa shape index (κ2) is 6.27. The van der Waals surface area contributed by atoms with Crippen molar-refractivity contribution in [1.82, 2.24) is 0 Å². The van der Waals surface area contributed by atoms with E-state index in [9.17, 15) is 0 Å². The van der Waals surface area contributed by atoms with Gasteiger partial charge in [0.15, 0.2) is 0 Å². The fraction of sp³-hybridized carbons (Fsp3) is 0.143. The molecule has 0 atom stereocenters. The van der Waals surface area contributed by atoms with Gasteiger partial charge in [0.05, 0.1) is 0 Å². The van der Waals surface area contributed by atoms with Crippen LogP contribution < -0.4 is 10.5 Å². The van der Waals surface area contributed by atoms with Crippen molar-refractivity contribution in [3.05, 3.63) is 52.5 Å². The lowest BCUT2D eigenvalue weighted by Crippen LogP contribution is -1.99. The molecule has 0 unspecified atom stereocenters. The van der Waals surface area contributed by atoms with Crippen molar-refractivity contribution in [1.29, 1.82) is 0 Å². The summed E-state index contributed by atoms with van der Waals surface area (Å²) in [6.45, 7) is 0.456. The average Bonchev–Trinajstić information content (AvgIpc) is 2.41. The van der Waals surface area contributed by atoms with Crippen LogP contribution in [0.2, 0.25) is 0 Å². The molecule has 2 rings (SSSR count). The maximum Gasteiger partial charge on any atom is 0.131 e. The van der Waals surface area contributed by atoms with Crippen LogP contribution in [0.15, 0.2) is 51.8 Å². The Morgan fingerprint density at radius 2 is 1.89 bits per heavy atom. The average molecular weight is 324 g/mol. The number of halogens is 1. The molecule has 0 radical (unpaired) electrons. The molecule has 0 bridgehead atoms. The SMILES string of the molecule is CSc1ccc(Oc2ccc(Br)cc2CN)cc1. The first kappa shape index (κ1) is 13.5. The first-order valence-corrected chi connectivity index (χ1v) is 7.55. The minimum atomic E-state index is 0.456. The van der Waals surface area contributed by atoms with E-state index in [1.165, 1.54) is 4.90 Å². The Morgan fingerprint density at radius 1 is 1.17 bits per heavy atom. The van der Waals surface area contributed by atoms with Crippen LogP contribution in [0.3, 0.4) is 0 Å². The normalized spacial score (nSPS) is 10.4. The molecular formula is C14H14BrNOS. The van der Waals surface area contributed by atoms with Crippen LogP contribution >= 0.6 is 27.7 Å². The molecule has 2 nitrogen and oxygen atoms in total. The fourth-order valence-corrected chi connectivity index (χ4v) is 2.39. The van der Waals surface area contributed by atoms with E-state index >= 15 is 0 Å². The van der Waals surface area contributed by atoms with Gasteiger partial charge in [0.1, 0.15) is 11.5 Å². The second-order valence-electron chi connectivity index (χ2n) is 3.73. The summed E-state index contributed by atoms with van der Waals surface area (Å²) < 4.78 is 6.85. The predicted octanol–water partition coefficient (Wildman–Crippen LogP) is 4.42. The predicted molar refractivity (Wildman–Crippen MR) is 80.3 cm³/mol. The van der Waals surface area contributed by atoms with E-state index in [4.69, 9.17) is 10.5 Å².